The maximum atomic E-state index is 13.6. The van der Waals surface area contributed by atoms with E-state index in [0.717, 1.165) is 48.2 Å². The first kappa shape index (κ1) is 37.0. The summed E-state index contributed by atoms with van der Waals surface area (Å²) in [5, 5.41) is 13.4. The van der Waals surface area contributed by atoms with Crippen molar-refractivity contribution in [3.63, 3.8) is 0 Å². The summed E-state index contributed by atoms with van der Waals surface area (Å²) < 4.78 is 21.4. The Hall–Kier alpha value is -6.29. The number of fused-ring (bicyclic) bond motifs is 2. The van der Waals surface area contributed by atoms with Crippen LogP contribution in [0.3, 0.4) is 0 Å². The molecular weight excluding hydrogens is 779 g/mol. The highest BCUT2D eigenvalue weighted by Crippen LogP contribution is 2.50. The number of hydrogen-bond donors (Lipinski definition) is 3. The predicted octanol–water partition coefficient (Wildman–Crippen LogP) is 5.54. The average Bonchev–Trinajstić information content (AvgIpc) is 3.62. The molecule has 0 bridgehead atoms. The molecule has 0 radical (unpaired) electrons. The SMILES string of the molecule is CNc1cc(N2CCc3c(-c4ccc(OC5CC6(CCN(C(=O)c7ccc(Cl)c(N8CCC(=O)NC8=O)c7)C6)C5)cn4)cccc32)nn2c(C(=O)N[C@@H]3C[C@@H]3F)cnc12. The number of anilines is 4. The monoisotopic (exact) mass is 818 g/mol. The molecule has 59 heavy (non-hydrogen) atoms. The number of nitrogens with zero attached hydrogens (tertiary/aromatic N) is 7. The molecule has 15 nitrogen and oxygen atoms in total. The Morgan fingerprint density at radius 2 is 1.81 bits per heavy atom. The quantitative estimate of drug-likeness (QED) is 0.172. The number of pyridine rings is 1. The Bertz CT molecular complexity index is 2560. The fraction of sp³-hybridized carbons (Fsp3) is 0.357. The second-order valence-electron chi connectivity index (χ2n) is 16.0. The van der Waals surface area contributed by atoms with Crippen LogP contribution < -0.4 is 30.5 Å². The third kappa shape index (κ3) is 6.64. The summed E-state index contributed by atoms with van der Waals surface area (Å²) in [6, 6.07) is 15.9. The van der Waals surface area contributed by atoms with Gasteiger partial charge in [-0.05, 0) is 73.1 Å². The summed E-state index contributed by atoms with van der Waals surface area (Å²) in [6.45, 7) is 2.11. The van der Waals surface area contributed by atoms with Crippen molar-refractivity contribution in [1.82, 2.24) is 35.1 Å². The van der Waals surface area contributed by atoms with Gasteiger partial charge >= 0.3 is 6.03 Å². The number of carbonyl (C=O) groups is 4. The molecule has 2 atom stereocenters. The Morgan fingerprint density at radius 1 is 0.983 bits per heavy atom. The molecule has 2 saturated heterocycles. The lowest BCUT2D eigenvalue weighted by atomic mass is 9.66. The smallest absolute Gasteiger partial charge is 0.328 e. The second-order valence-corrected chi connectivity index (χ2v) is 16.4. The van der Waals surface area contributed by atoms with E-state index in [2.05, 4.69) is 38.0 Å². The second kappa shape index (κ2) is 14.2. The Labute approximate surface area is 342 Å². The molecular formula is C42H40ClFN10O5. The van der Waals surface area contributed by atoms with E-state index in [4.69, 9.17) is 26.4 Å². The molecule has 5 amide bonds. The summed E-state index contributed by atoms with van der Waals surface area (Å²) in [5.41, 5.74) is 6.26. The molecule has 5 aromatic rings. The van der Waals surface area contributed by atoms with E-state index in [-0.39, 0.29) is 42.0 Å². The van der Waals surface area contributed by atoms with E-state index in [1.807, 2.05) is 29.2 Å². The minimum atomic E-state index is -1.02. The maximum Gasteiger partial charge on any atom is 0.328 e. The lowest BCUT2D eigenvalue weighted by Gasteiger charge is -2.44. The van der Waals surface area contributed by atoms with Crippen LogP contribution in [0, 0.1) is 5.41 Å². The lowest BCUT2D eigenvalue weighted by molar-refractivity contribution is -0.120. The van der Waals surface area contributed by atoms with Crippen molar-refractivity contribution in [2.24, 2.45) is 5.41 Å². The number of hydrogen-bond acceptors (Lipinski definition) is 10. The number of halogens is 2. The number of benzene rings is 2. The Kier molecular flexibility index (Phi) is 8.92. The van der Waals surface area contributed by atoms with Crippen LogP contribution in [0.5, 0.6) is 5.75 Å². The van der Waals surface area contributed by atoms with E-state index < -0.39 is 24.2 Å². The van der Waals surface area contributed by atoms with Gasteiger partial charge in [0.25, 0.3) is 11.8 Å². The van der Waals surface area contributed by atoms with Gasteiger partial charge in [0, 0.05) is 68.9 Å². The molecule has 1 spiro atoms. The van der Waals surface area contributed by atoms with Crippen molar-refractivity contribution >= 4 is 63.9 Å². The molecule has 3 N–H and O–H groups in total. The first-order valence-corrected chi connectivity index (χ1v) is 20.2. The number of ether oxygens (including phenoxy) is 1. The largest absolute Gasteiger partial charge is 0.489 e. The predicted molar refractivity (Wildman–Crippen MR) is 217 cm³/mol. The maximum absolute atomic E-state index is 13.6. The number of alkyl halides is 1. The fourth-order valence-corrected chi connectivity index (χ4v) is 9.18. The van der Waals surface area contributed by atoms with Gasteiger partial charge in [-0.15, -0.1) is 5.10 Å². The van der Waals surface area contributed by atoms with Gasteiger partial charge in [0.2, 0.25) is 5.91 Å². The van der Waals surface area contributed by atoms with Crippen molar-refractivity contribution in [1.29, 1.82) is 0 Å². The van der Waals surface area contributed by atoms with Crippen LogP contribution in [-0.4, -0.2) is 99.8 Å². The van der Waals surface area contributed by atoms with Crippen LogP contribution in [0.25, 0.3) is 16.9 Å². The Balaban J connectivity index is 0.788. The molecule has 10 rings (SSSR count). The third-order valence-corrected chi connectivity index (χ3v) is 12.5. The van der Waals surface area contributed by atoms with Crippen molar-refractivity contribution in [2.45, 2.75) is 56.8 Å². The molecule has 2 aliphatic carbocycles. The van der Waals surface area contributed by atoms with E-state index in [1.165, 1.54) is 15.6 Å². The standard InChI is InChI=1S/C42H40ClFN10O5/c1-45-32-17-36(50-54-35(21-47-38(32)54)39(56)48-31-16-29(31)44)52-12-9-27-26(3-2-4-33(27)52)30-8-6-24(20-46-30)59-25-18-42(19-25)11-14-51(22-42)40(57)23-5-7-28(43)34(15-23)53-13-10-37(55)49-41(53)58/h2-8,15,17,20-21,25,29,31,45H,9-14,16,18-19,22H2,1H3,(H,48,56)(H,49,55,58)/t25?,29-,31+,42?/m0/s1. The van der Waals surface area contributed by atoms with Crippen molar-refractivity contribution in [3.8, 4) is 17.0 Å². The summed E-state index contributed by atoms with van der Waals surface area (Å²) in [4.78, 5) is 65.3. The number of rotatable bonds is 9. The molecule has 302 valence electrons. The number of nitrogens with one attached hydrogen (secondary N) is 3. The van der Waals surface area contributed by atoms with Gasteiger partial charge in [-0.3, -0.25) is 29.6 Å². The highest BCUT2D eigenvalue weighted by Gasteiger charge is 2.51. The lowest BCUT2D eigenvalue weighted by Crippen LogP contribution is -2.49. The van der Waals surface area contributed by atoms with Crippen LogP contribution >= 0.6 is 11.6 Å². The zero-order valence-electron chi connectivity index (χ0n) is 32.1. The molecule has 0 unspecified atom stereocenters. The van der Waals surface area contributed by atoms with E-state index in [0.29, 0.717) is 65.2 Å². The first-order chi connectivity index (χ1) is 28.6. The molecule has 4 fully saturated rings. The molecule has 6 heterocycles. The van der Waals surface area contributed by atoms with Gasteiger partial charge in [0.05, 0.1) is 46.6 Å². The highest BCUT2D eigenvalue weighted by molar-refractivity contribution is 6.34. The highest BCUT2D eigenvalue weighted by atomic mass is 35.5. The van der Waals surface area contributed by atoms with E-state index >= 15 is 0 Å². The molecule has 3 aromatic heterocycles. The van der Waals surface area contributed by atoms with Gasteiger partial charge in [0.15, 0.2) is 17.2 Å². The fourth-order valence-electron chi connectivity index (χ4n) is 8.96. The number of likely N-dealkylation sites (tertiary alicyclic amines) is 1. The van der Waals surface area contributed by atoms with E-state index in [1.54, 1.807) is 31.4 Å². The molecule has 5 aliphatic rings. The van der Waals surface area contributed by atoms with Crippen molar-refractivity contribution in [2.75, 3.05) is 48.3 Å². The van der Waals surface area contributed by atoms with Gasteiger partial charge in [-0.1, -0.05) is 23.7 Å². The van der Waals surface area contributed by atoms with Gasteiger partial charge in [-0.2, -0.15) is 0 Å². The number of carbonyl (C=O) groups excluding carboxylic acids is 4. The topological polar surface area (TPSA) is 166 Å². The summed E-state index contributed by atoms with van der Waals surface area (Å²) in [7, 11) is 1.79. The Morgan fingerprint density at radius 3 is 2.58 bits per heavy atom. The third-order valence-electron chi connectivity index (χ3n) is 12.2. The van der Waals surface area contributed by atoms with Crippen molar-refractivity contribution in [3.05, 3.63) is 88.8 Å². The number of aromatic nitrogens is 4. The van der Waals surface area contributed by atoms with Crippen LogP contribution in [0.15, 0.2) is 67.0 Å². The van der Waals surface area contributed by atoms with E-state index in [9.17, 15) is 23.6 Å². The van der Waals surface area contributed by atoms with Gasteiger partial charge in [-0.25, -0.2) is 18.7 Å². The molecule has 17 heteroatoms. The van der Waals surface area contributed by atoms with Crippen LogP contribution in [-0.2, 0) is 11.2 Å². The number of imide groups is 1. The normalized spacial score (nSPS) is 23.3. The van der Waals surface area contributed by atoms with Crippen LogP contribution in [0.4, 0.5) is 32.1 Å². The minimum absolute atomic E-state index is 0.0124. The summed E-state index contributed by atoms with van der Waals surface area (Å²) >= 11 is 6.41. The molecule has 3 aliphatic heterocycles. The number of urea groups is 1. The zero-order chi connectivity index (χ0) is 40.6. The van der Waals surface area contributed by atoms with Crippen LogP contribution in [0.1, 0.15) is 58.5 Å². The van der Waals surface area contributed by atoms with Gasteiger partial charge < -0.3 is 25.2 Å². The van der Waals surface area contributed by atoms with Gasteiger partial charge in [0.1, 0.15) is 11.9 Å². The summed E-state index contributed by atoms with van der Waals surface area (Å²) in [5.74, 6) is 0.462. The van der Waals surface area contributed by atoms with Crippen LogP contribution in [0.2, 0.25) is 5.02 Å². The number of imidazole rings is 1. The molecule has 2 aromatic carbocycles. The average molecular weight is 819 g/mol. The number of amides is 5. The van der Waals surface area contributed by atoms with Crippen molar-refractivity contribution < 1.29 is 28.3 Å². The summed E-state index contributed by atoms with van der Waals surface area (Å²) in [6.07, 6.45) is 5.99. The first-order valence-electron chi connectivity index (χ1n) is 19.8. The zero-order valence-corrected chi connectivity index (χ0v) is 32.8. The minimum Gasteiger partial charge on any atom is -0.489 e. The molecule has 2 saturated carbocycles.